The number of carboxylic acid groups (broad SMARTS) is 2. The van der Waals surface area contributed by atoms with Crippen LogP contribution in [0.15, 0.2) is 54.6 Å². The van der Waals surface area contributed by atoms with Crippen molar-refractivity contribution in [3.63, 3.8) is 0 Å². The van der Waals surface area contributed by atoms with Crippen LogP contribution in [0.3, 0.4) is 0 Å². The molecule has 0 saturated carbocycles. The summed E-state index contributed by atoms with van der Waals surface area (Å²) in [6, 6.07) is 16.0. The van der Waals surface area contributed by atoms with E-state index in [1.54, 1.807) is 0 Å². The van der Waals surface area contributed by atoms with Gasteiger partial charge in [0.1, 0.15) is 0 Å². The molecule has 4 rings (SSSR count). The molecule has 11 heteroatoms. The van der Waals surface area contributed by atoms with E-state index in [2.05, 4.69) is 39.2 Å². The Bertz CT molecular complexity index is 1130. The number of carbonyl (C=O) groups excluding carboxylic acids is 2. The number of carboxylic acids is 2. The van der Waals surface area contributed by atoms with Gasteiger partial charge in [-0.15, -0.1) is 0 Å². The minimum absolute atomic E-state index is 0. The molecule has 0 bridgehead atoms. The molecule has 0 aliphatic carbocycles. The number of nitrogens with zero attached hydrogens (tertiary/aromatic N) is 3. The molecule has 0 unspecified atom stereocenters. The first-order valence-electron chi connectivity index (χ1n) is 8.38. The maximum absolute atomic E-state index is 10.2. The number of benzene rings is 1. The average molecular weight is 491 g/mol. The van der Waals surface area contributed by atoms with Gasteiger partial charge in [0.05, 0.1) is 34.4 Å². The monoisotopic (exact) mass is 490 g/mol. The summed E-state index contributed by atoms with van der Waals surface area (Å²) < 4.78 is 0. The fourth-order valence-electron chi connectivity index (χ4n) is 2.62. The number of fused-ring (bicyclic) bond motifs is 3. The standard InChI is InChI=1S/C14H12N2.C7H5NO4.Cu.3H2O/c1-9-3-5-11-7-8-12-6-4-10(2)16-14(12)13(11)15-9;9-6(10)4-2-1-3-5(8-4)7(11)12;;;;/h3-8H,1-2H3;1-3H,(H,9,10)(H,11,12);;3*1H2/q;;+2;;;/p-2. The Balaban J connectivity index is 0. The molecule has 0 spiro atoms. The molecule has 32 heavy (non-hydrogen) atoms. The van der Waals surface area contributed by atoms with E-state index in [4.69, 9.17) is 0 Å². The van der Waals surface area contributed by atoms with E-state index in [0.717, 1.165) is 45.3 Å². The van der Waals surface area contributed by atoms with E-state index in [1.165, 1.54) is 6.07 Å². The second-order valence-electron chi connectivity index (χ2n) is 6.10. The molecule has 0 atom stereocenters. The van der Waals surface area contributed by atoms with Crippen LogP contribution in [-0.2, 0) is 17.1 Å². The van der Waals surface area contributed by atoms with Crippen LogP contribution in [0.1, 0.15) is 32.4 Å². The molecule has 3 heterocycles. The maximum atomic E-state index is 10.2. The second kappa shape index (κ2) is 13.1. The predicted octanol–water partition coefficient (Wildman–Crippen LogP) is -1.27. The first-order valence-corrected chi connectivity index (χ1v) is 8.38. The fourth-order valence-corrected chi connectivity index (χ4v) is 2.62. The molecule has 0 fully saturated rings. The molecule has 0 aliphatic heterocycles. The van der Waals surface area contributed by atoms with Crippen LogP contribution in [0, 0.1) is 13.8 Å². The van der Waals surface area contributed by atoms with Crippen molar-refractivity contribution >= 4 is 33.7 Å². The van der Waals surface area contributed by atoms with E-state index in [9.17, 15) is 19.8 Å². The maximum Gasteiger partial charge on any atom is 2.00 e. The number of aromatic nitrogens is 3. The fraction of sp³-hybridized carbons (Fsp3) is 0.0952. The van der Waals surface area contributed by atoms with E-state index in [-0.39, 0.29) is 33.5 Å². The number of aryl methyl sites for hydroxylation is 2. The van der Waals surface area contributed by atoms with Crippen molar-refractivity contribution in [2.24, 2.45) is 0 Å². The molecule has 0 amide bonds. The zero-order chi connectivity index (χ0) is 20.3. The molecule has 6 N–H and O–H groups in total. The topological polar surface area (TPSA) is 213 Å². The van der Waals surface area contributed by atoms with Gasteiger partial charge in [0.2, 0.25) is 0 Å². The zero-order valence-corrected chi connectivity index (χ0v) is 17.9. The summed E-state index contributed by atoms with van der Waals surface area (Å²) in [4.78, 5) is 32.8. The Labute approximate surface area is 193 Å². The Morgan fingerprint density at radius 3 is 1.31 bits per heavy atom. The first-order chi connectivity index (χ1) is 13.3. The van der Waals surface area contributed by atoms with Crippen molar-refractivity contribution in [1.29, 1.82) is 0 Å². The van der Waals surface area contributed by atoms with Gasteiger partial charge < -0.3 is 36.2 Å². The van der Waals surface area contributed by atoms with Crippen molar-refractivity contribution in [2.75, 3.05) is 0 Å². The van der Waals surface area contributed by atoms with Gasteiger partial charge in [-0.2, -0.15) is 0 Å². The van der Waals surface area contributed by atoms with E-state index < -0.39 is 23.3 Å². The number of pyridine rings is 3. The Kier molecular flexibility index (Phi) is 12.5. The van der Waals surface area contributed by atoms with Gasteiger partial charge in [0, 0.05) is 22.2 Å². The van der Waals surface area contributed by atoms with Crippen molar-refractivity contribution in [3.8, 4) is 0 Å². The summed E-state index contributed by atoms with van der Waals surface area (Å²) in [6.45, 7) is 4.02. The molecular weight excluding hydrogens is 470 g/mol. The largest absolute Gasteiger partial charge is 2.00 e. The number of aromatic carboxylic acids is 2. The third kappa shape index (κ3) is 7.05. The van der Waals surface area contributed by atoms with Crippen molar-refractivity contribution in [1.82, 2.24) is 15.0 Å². The molecule has 1 radical (unpaired) electrons. The smallest absolute Gasteiger partial charge is 0.543 e. The zero-order valence-electron chi connectivity index (χ0n) is 17.0. The van der Waals surface area contributed by atoms with Gasteiger partial charge in [-0.25, -0.2) is 4.98 Å². The van der Waals surface area contributed by atoms with E-state index in [1.807, 2.05) is 26.0 Å². The normalized spacial score (nSPS) is 9.06. The Morgan fingerprint density at radius 1 is 0.625 bits per heavy atom. The van der Waals surface area contributed by atoms with Crippen molar-refractivity contribution in [3.05, 3.63) is 77.4 Å². The number of hydrogen-bond donors (Lipinski definition) is 0. The summed E-state index contributed by atoms with van der Waals surface area (Å²) in [5.41, 5.74) is 3.22. The molecule has 3 aromatic heterocycles. The van der Waals surface area contributed by atoms with Crippen LogP contribution in [0.4, 0.5) is 0 Å². The van der Waals surface area contributed by atoms with Crippen LogP contribution in [-0.4, -0.2) is 43.3 Å². The summed E-state index contributed by atoms with van der Waals surface area (Å²) in [6.07, 6.45) is 0. The van der Waals surface area contributed by atoms with Gasteiger partial charge in [0.25, 0.3) is 0 Å². The Hall–Kier alpha value is -3.47. The van der Waals surface area contributed by atoms with Gasteiger partial charge in [-0.3, -0.25) is 9.97 Å². The van der Waals surface area contributed by atoms with E-state index in [0.29, 0.717) is 0 Å². The van der Waals surface area contributed by atoms with Crippen LogP contribution in [0.2, 0.25) is 0 Å². The number of hydrogen-bond acceptors (Lipinski definition) is 7. The molecule has 1 aromatic carbocycles. The minimum Gasteiger partial charge on any atom is -0.543 e. The van der Waals surface area contributed by atoms with Crippen molar-refractivity contribution < 1.29 is 53.3 Å². The quantitative estimate of drug-likeness (QED) is 0.245. The predicted molar refractivity (Wildman–Crippen MR) is 110 cm³/mol. The number of carbonyl (C=O) groups is 2. The molecule has 0 aliphatic rings. The first kappa shape index (κ1) is 30.7. The SMILES string of the molecule is Cc1ccc2ccc3ccc(C)nc3c2n1.O.O.O.O=C([O-])c1cccc(C(=O)[O-])n1.[Cu+2]. The van der Waals surface area contributed by atoms with Crippen LogP contribution < -0.4 is 10.2 Å². The summed E-state index contributed by atoms with van der Waals surface area (Å²) >= 11 is 0. The summed E-state index contributed by atoms with van der Waals surface area (Å²) in [5, 5.41) is 22.7. The van der Waals surface area contributed by atoms with Gasteiger partial charge in [0.15, 0.2) is 0 Å². The van der Waals surface area contributed by atoms with Crippen LogP contribution >= 0.6 is 0 Å². The van der Waals surface area contributed by atoms with Gasteiger partial charge >= 0.3 is 17.1 Å². The van der Waals surface area contributed by atoms with E-state index >= 15 is 0 Å². The molecular formula is C21H21CuN3O7. The molecule has 10 nitrogen and oxygen atoms in total. The van der Waals surface area contributed by atoms with Crippen LogP contribution in [0.5, 0.6) is 0 Å². The van der Waals surface area contributed by atoms with Gasteiger partial charge in [-0.1, -0.05) is 30.3 Å². The molecule has 4 aromatic rings. The molecule has 173 valence electrons. The average Bonchev–Trinajstić information content (AvgIpc) is 2.68. The number of rotatable bonds is 2. The van der Waals surface area contributed by atoms with Crippen LogP contribution in [0.25, 0.3) is 21.8 Å². The third-order valence-corrected chi connectivity index (χ3v) is 3.97. The summed E-state index contributed by atoms with van der Waals surface area (Å²) in [7, 11) is 0. The minimum atomic E-state index is -1.52. The van der Waals surface area contributed by atoms with Gasteiger partial charge in [-0.05, 0) is 38.1 Å². The summed E-state index contributed by atoms with van der Waals surface area (Å²) in [5.74, 6) is -3.03. The van der Waals surface area contributed by atoms with Crippen molar-refractivity contribution in [2.45, 2.75) is 13.8 Å². The third-order valence-electron chi connectivity index (χ3n) is 3.97. The Morgan fingerprint density at radius 2 is 0.969 bits per heavy atom. The second-order valence-corrected chi connectivity index (χ2v) is 6.10. The molecule has 0 saturated heterocycles.